The lowest BCUT2D eigenvalue weighted by atomic mass is 10.1. The standard InChI is InChI=1S/C30H54O2.C6H6O2S/c1-3-5-7-9-11-13-15-17-19-21-27-31-29-23-25-30(26-24-29)32-28-22-20-18-16-14-12-10-8-6-4-2;1-2-8-6-4-9-3-5(6)7-1/h23-26H,3-22,27-28H2,1-2H3;3-4H,1-2H2. The Balaban J connectivity index is 0.000000542. The molecule has 1 aliphatic rings. The van der Waals surface area contributed by atoms with Crippen molar-refractivity contribution >= 4 is 11.3 Å². The van der Waals surface area contributed by atoms with Crippen LogP contribution in [0, 0.1) is 0 Å². The minimum absolute atomic E-state index is 0.684. The maximum Gasteiger partial charge on any atom is 0.172 e. The Hall–Kier alpha value is -1.88. The number of thiophene rings is 1. The number of hydrogen-bond acceptors (Lipinski definition) is 5. The molecule has 1 aromatic carbocycles. The third-order valence-corrected chi connectivity index (χ3v) is 8.25. The van der Waals surface area contributed by atoms with Gasteiger partial charge in [-0.15, -0.1) is 11.3 Å². The Bertz CT molecular complexity index is 754. The molecule has 234 valence electrons. The Morgan fingerprint density at radius 3 is 1.15 bits per heavy atom. The molecule has 1 aliphatic heterocycles. The summed E-state index contributed by atoms with van der Waals surface area (Å²) >= 11 is 1.61. The molecule has 0 bridgehead atoms. The molecule has 0 radical (unpaired) electrons. The lowest BCUT2D eigenvalue weighted by Crippen LogP contribution is -2.13. The van der Waals surface area contributed by atoms with E-state index in [2.05, 4.69) is 13.8 Å². The first-order chi connectivity index (χ1) is 20.3. The molecular formula is C36H60O4S. The molecule has 0 atom stereocenters. The molecule has 5 heteroatoms. The van der Waals surface area contributed by atoms with Gasteiger partial charge < -0.3 is 18.9 Å². The van der Waals surface area contributed by atoms with Crippen molar-refractivity contribution in [2.24, 2.45) is 0 Å². The Morgan fingerprint density at radius 1 is 0.488 bits per heavy atom. The topological polar surface area (TPSA) is 36.9 Å². The van der Waals surface area contributed by atoms with Gasteiger partial charge in [-0.05, 0) is 37.1 Å². The Kier molecular flexibility index (Phi) is 22.2. The number of unbranched alkanes of at least 4 members (excludes halogenated alkanes) is 18. The second kappa shape index (κ2) is 25.8. The van der Waals surface area contributed by atoms with E-state index in [-0.39, 0.29) is 0 Å². The molecule has 0 saturated heterocycles. The monoisotopic (exact) mass is 588 g/mol. The van der Waals surface area contributed by atoms with Gasteiger partial charge in [-0.25, -0.2) is 0 Å². The molecule has 41 heavy (non-hydrogen) atoms. The van der Waals surface area contributed by atoms with Crippen LogP contribution in [0.1, 0.15) is 142 Å². The van der Waals surface area contributed by atoms with Crippen molar-refractivity contribution in [3.63, 3.8) is 0 Å². The van der Waals surface area contributed by atoms with E-state index in [1.54, 1.807) is 11.3 Å². The summed E-state index contributed by atoms with van der Waals surface area (Å²) in [4.78, 5) is 0. The average Bonchev–Trinajstić information content (AvgIpc) is 3.49. The lowest BCUT2D eigenvalue weighted by Gasteiger charge is -2.13. The SMILES string of the molecule is CCCCCCCCCCCCOc1ccc(OCCCCCCCCCCCC)cc1.c1scc2c1OCCO2. The van der Waals surface area contributed by atoms with Crippen LogP contribution < -0.4 is 18.9 Å². The molecule has 0 saturated carbocycles. The van der Waals surface area contributed by atoms with Crippen LogP contribution in [0.5, 0.6) is 23.0 Å². The van der Waals surface area contributed by atoms with Crippen molar-refractivity contribution in [2.45, 2.75) is 142 Å². The summed E-state index contributed by atoms with van der Waals surface area (Å²) in [6.07, 6.45) is 27.2. The summed E-state index contributed by atoms with van der Waals surface area (Å²) < 4.78 is 22.3. The molecular weight excluding hydrogens is 528 g/mol. The highest BCUT2D eigenvalue weighted by atomic mass is 32.1. The molecule has 0 amide bonds. The zero-order valence-electron chi connectivity index (χ0n) is 26.5. The van der Waals surface area contributed by atoms with Crippen molar-refractivity contribution < 1.29 is 18.9 Å². The second-order valence-electron chi connectivity index (χ2n) is 11.3. The van der Waals surface area contributed by atoms with Crippen molar-refractivity contribution in [3.05, 3.63) is 35.0 Å². The number of rotatable bonds is 24. The van der Waals surface area contributed by atoms with Gasteiger partial charge in [-0.3, -0.25) is 0 Å². The molecule has 0 fully saturated rings. The first-order valence-electron chi connectivity index (χ1n) is 17.0. The fourth-order valence-electron chi connectivity index (χ4n) is 4.98. The molecule has 0 aliphatic carbocycles. The van der Waals surface area contributed by atoms with E-state index in [1.165, 1.54) is 116 Å². The second-order valence-corrected chi connectivity index (χ2v) is 12.1. The smallest absolute Gasteiger partial charge is 0.172 e. The summed E-state index contributed by atoms with van der Waals surface area (Å²) in [6, 6.07) is 8.18. The Labute approximate surface area is 256 Å². The van der Waals surface area contributed by atoms with Crippen LogP contribution in [0.2, 0.25) is 0 Å². The van der Waals surface area contributed by atoms with Gasteiger partial charge in [0.2, 0.25) is 0 Å². The van der Waals surface area contributed by atoms with Crippen LogP contribution in [0.3, 0.4) is 0 Å². The van der Waals surface area contributed by atoms with E-state index in [0.717, 1.165) is 49.1 Å². The van der Waals surface area contributed by atoms with E-state index in [1.807, 2.05) is 35.0 Å². The fraction of sp³-hybridized carbons (Fsp3) is 0.722. The molecule has 3 rings (SSSR count). The summed E-state index contributed by atoms with van der Waals surface area (Å²) in [5.74, 6) is 3.72. The predicted molar refractivity (Wildman–Crippen MR) is 176 cm³/mol. The van der Waals surface area contributed by atoms with Crippen LogP contribution in [0.25, 0.3) is 0 Å². The number of fused-ring (bicyclic) bond motifs is 1. The zero-order chi connectivity index (χ0) is 29.1. The van der Waals surface area contributed by atoms with Crippen LogP contribution in [-0.4, -0.2) is 26.4 Å². The largest absolute Gasteiger partial charge is 0.494 e. The van der Waals surface area contributed by atoms with Crippen LogP contribution in [-0.2, 0) is 0 Å². The van der Waals surface area contributed by atoms with Crippen LogP contribution >= 0.6 is 11.3 Å². The first-order valence-corrected chi connectivity index (χ1v) is 17.9. The predicted octanol–water partition coefficient (Wildman–Crippen LogP) is 11.8. The van der Waals surface area contributed by atoms with E-state index in [9.17, 15) is 0 Å². The van der Waals surface area contributed by atoms with Gasteiger partial charge in [0.05, 0.1) is 13.2 Å². The summed E-state index contributed by atoms with van der Waals surface area (Å²) in [5, 5.41) is 3.91. The third-order valence-electron chi connectivity index (χ3n) is 7.55. The Morgan fingerprint density at radius 2 is 0.805 bits per heavy atom. The molecule has 2 heterocycles. The highest BCUT2D eigenvalue weighted by molar-refractivity contribution is 7.08. The molecule has 0 spiro atoms. The van der Waals surface area contributed by atoms with Crippen molar-refractivity contribution in [1.29, 1.82) is 0 Å². The molecule has 0 N–H and O–H groups in total. The van der Waals surface area contributed by atoms with Crippen LogP contribution in [0.15, 0.2) is 35.0 Å². The molecule has 0 unspecified atom stereocenters. The van der Waals surface area contributed by atoms with E-state index < -0.39 is 0 Å². The van der Waals surface area contributed by atoms with E-state index in [4.69, 9.17) is 18.9 Å². The highest BCUT2D eigenvalue weighted by Gasteiger charge is 2.10. The molecule has 4 nitrogen and oxygen atoms in total. The van der Waals surface area contributed by atoms with Gasteiger partial charge in [0.25, 0.3) is 0 Å². The zero-order valence-corrected chi connectivity index (χ0v) is 27.3. The van der Waals surface area contributed by atoms with Crippen molar-refractivity contribution in [1.82, 2.24) is 0 Å². The van der Waals surface area contributed by atoms with Crippen LogP contribution in [0.4, 0.5) is 0 Å². The highest BCUT2D eigenvalue weighted by Crippen LogP contribution is 2.33. The van der Waals surface area contributed by atoms with Gasteiger partial charge in [-0.2, -0.15) is 0 Å². The van der Waals surface area contributed by atoms with Gasteiger partial charge in [0.15, 0.2) is 11.5 Å². The maximum atomic E-state index is 5.89. The summed E-state index contributed by atoms with van der Waals surface area (Å²) in [5.41, 5.74) is 0. The first kappa shape index (κ1) is 35.3. The van der Waals surface area contributed by atoms with Gasteiger partial charge in [0, 0.05) is 10.8 Å². The third kappa shape index (κ3) is 19.0. The van der Waals surface area contributed by atoms with Gasteiger partial charge in [0.1, 0.15) is 24.7 Å². The van der Waals surface area contributed by atoms with Gasteiger partial charge in [-0.1, -0.05) is 129 Å². The minimum atomic E-state index is 0.684. The number of ether oxygens (including phenoxy) is 4. The quantitative estimate of drug-likeness (QED) is 0.114. The minimum Gasteiger partial charge on any atom is -0.494 e. The molecule has 2 aromatic rings. The summed E-state index contributed by atoms with van der Waals surface area (Å²) in [7, 11) is 0. The van der Waals surface area contributed by atoms with E-state index >= 15 is 0 Å². The molecule has 1 aromatic heterocycles. The van der Waals surface area contributed by atoms with Crippen molar-refractivity contribution in [2.75, 3.05) is 26.4 Å². The van der Waals surface area contributed by atoms with Gasteiger partial charge >= 0.3 is 0 Å². The van der Waals surface area contributed by atoms with Crippen molar-refractivity contribution in [3.8, 4) is 23.0 Å². The average molecular weight is 589 g/mol. The number of hydrogen-bond donors (Lipinski definition) is 0. The lowest BCUT2D eigenvalue weighted by molar-refractivity contribution is 0.173. The van der Waals surface area contributed by atoms with E-state index in [0.29, 0.717) is 13.2 Å². The normalized spacial score (nSPS) is 12.0. The summed E-state index contributed by atoms with van der Waals surface area (Å²) in [6.45, 7) is 7.59. The maximum absolute atomic E-state index is 5.89. The fourth-order valence-corrected chi connectivity index (χ4v) is 5.66. The number of benzene rings is 1.